The van der Waals surface area contributed by atoms with Gasteiger partial charge >= 0.3 is 0 Å². The van der Waals surface area contributed by atoms with Crippen molar-refractivity contribution in [3.05, 3.63) is 23.5 Å². The van der Waals surface area contributed by atoms with E-state index >= 15 is 0 Å². The van der Waals surface area contributed by atoms with E-state index in [1.54, 1.807) is 0 Å². The summed E-state index contributed by atoms with van der Waals surface area (Å²) in [6.07, 6.45) is 1.90. The molecule has 0 bridgehead atoms. The minimum Gasteiger partial charge on any atom is -0.488 e. The number of nitrogens with one attached hydrogen (secondary N) is 1. The lowest BCUT2D eigenvalue weighted by Gasteiger charge is -2.17. The number of aryl methyl sites for hydroxylation is 1. The van der Waals surface area contributed by atoms with Gasteiger partial charge in [0.05, 0.1) is 6.61 Å². The van der Waals surface area contributed by atoms with E-state index in [1.165, 1.54) is 0 Å². The molecule has 0 aliphatic rings. The molecule has 1 rings (SSSR count). The topological polar surface area (TPSA) is 43.4 Å². The third-order valence-corrected chi connectivity index (χ3v) is 2.33. The number of nitrogens with zero attached hydrogens (tertiary/aromatic N) is 1. The van der Waals surface area contributed by atoms with Crippen LogP contribution in [-0.4, -0.2) is 31.3 Å². The maximum atomic E-state index is 5.88. The lowest BCUT2D eigenvalue weighted by molar-refractivity contribution is 0.0651. The van der Waals surface area contributed by atoms with Crippen molar-refractivity contribution in [1.29, 1.82) is 0 Å². The molecule has 17 heavy (non-hydrogen) atoms. The number of ether oxygens (including phenoxy) is 2. The van der Waals surface area contributed by atoms with Gasteiger partial charge in [-0.1, -0.05) is 0 Å². The van der Waals surface area contributed by atoms with Crippen LogP contribution >= 0.6 is 0 Å². The van der Waals surface area contributed by atoms with E-state index in [9.17, 15) is 0 Å². The predicted octanol–water partition coefficient (Wildman–Crippen LogP) is 1.91. The molecule has 0 saturated heterocycles. The highest BCUT2D eigenvalue weighted by Crippen LogP contribution is 2.19. The fraction of sp³-hybridized carbons (Fsp3) is 0.615. The van der Waals surface area contributed by atoms with Gasteiger partial charge in [0.25, 0.3) is 0 Å². The first-order chi connectivity index (χ1) is 8.17. The van der Waals surface area contributed by atoms with Gasteiger partial charge in [-0.2, -0.15) is 0 Å². The minimum atomic E-state index is 0.0485. The summed E-state index contributed by atoms with van der Waals surface area (Å²) in [5, 5.41) is 3.11. The Morgan fingerprint density at radius 2 is 2.24 bits per heavy atom. The molecule has 0 radical (unpaired) electrons. The molecule has 0 saturated carbocycles. The second-order valence-electron chi connectivity index (χ2n) is 4.05. The molecule has 0 spiro atoms. The van der Waals surface area contributed by atoms with Gasteiger partial charge in [-0.05, 0) is 27.8 Å². The van der Waals surface area contributed by atoms with Crippen molar-refractivity contribution in [2.75, 3.05) is 20.3 Å². The SMILES string of the molecule is CCOCC(C)Oc1cc(C)ncc1CNC. The average molecular weight is 238 g/mol. The highest BCUT2D eigenvalue weighted by molar-refractivity contribution is 5.33. The first kappa shape index (κ1) is 13.9. The van der Waals surface area contributed by atoms with Crippen molar-refractivity contribution in [3.63, 3.8) is 0 Å². The van der Waals surface area contributed by atoms with Crippen LogP contribution in [0.2, 0.25) is 0 Å². The first-order valence-corrected chi connectivity index (χ1v) is 6.01. The van der Waals surface area contributed by atoms with E-state index in [-0.39, 0.29) is 6.10 Å². The Bertz CT molecular complexity index is 342. The van der Waals surface area contributed by atoms with Crippen molar-refractivity contribution in [2.24, 2.45) is 0 Å². The summed E-state index contributed by atoms with van der Waals surface area (Å²) in [4.78, 5) is 4.28. The monoisotopic (exact) mass is 238 g/mol. The number of pyridine rings is 1. The van der Waals surface area contributed by atoms with Gasteiger partial charge in [-0.15, -0.1) is 0 Å². The zero-order chi connectivity index (χ0) is 12.7. The third-order valence-electron chi connectivity index (χ3n) is 2.33. The fourth-order valence-corrected chi connectivity index (χ4v) is 1.53. The van der Waals surface area contributed by atoms with Crippen molar-refractivity contribution in [3.8, 4) is 5.75 Å². The number of aromatic nitrogens is 1. The maximum absolute atomic E-state index is 5.88. The standard InChI is InChI=1S/C13H22N2O2/c1-5-16-9-11(3)17-13-6-10(2)15-8-12(13)7-14-4/h6,8,11,14H,5,7,9H2,1-4H3. The van der Waals surface area contributed by atoms with Crippen molar-refractivity contribution < 1.29 is 9.47 Å². The second kappa shape index (κ2) is 7.25. The van der Waals surface area contributed by atoms with E-state index in [0.717, 1.165) is 23.6 Å². The molecule has 0 aliphatic heterocycles. The summed E-state index contributed by atoms with van der Waals surface area (Å²) in [6.45, 7) is 8.03. The Labute approximate surface area is 103 Å². The van der Waals surface area contributed by atoms with Gasteiger partial charge in [0.1, 0.15) is 11.9 Å². The van der Waals surface area contributed by atoms with Gasteiger partial charge in [-0.25, -0.2) is 0 Å². The second-order valence-corrected chi connectivity index (χ2v) is 4.05. The minimum absolute atomic E-state index is 0.0485. The molecule has 0 fully saturated rings. The zero-order valence-electron chi connectivity index (χ0n) is 11.1. The van der Waals surface area contributed by atoms with Crippen LogP contribution < -0.4 is 10.1 Å². The molecule has 0 aromatic carbocycles. The van der Waals surface area contributed by atoms with Gasteiger partial charge in [0.15, 0.2) is 0 Å². The summed E-state index contributed by atoms with van der Waals surface area (Å²) in [5.74, 6) is 0.888. The fourth-order valence-electron chi connectivity index (χ4n) is 1.53. The van der Waals surface area contributed by atoms with Gasteiger partial charge < -0.3 is 14.8 Å². The van der Waals surface area contributed by atoms with Crippen LogP contribution in [0.3, 0.4) is 0 Å². The molecule has 1 aromatic rings. The predicted molar refractivity (Wildman–Crippen MR) is 68.3 cm³/mol. The van der Waals surface area contributed by atoms with Crippen LogP contribution in [-0.2, 0) is 11.3 Å². The van der Waals surface area contributed by atoms with E-state index in [0.29, 0.717) is 13.2 Å². The number of hydrogen-bond donors (Lipinski definition) is 1. The van der Waals surface area contributed by atoms with Crippen molar-refractivity contribution >= 4 is 0 Å². The maximum Gasteiger partial charge on any atom is 0.127 e. The molecule has 0 amide bonds. The highest BCUT2D eigenvalue weighted by Gasteiger charge is 2.09. The van der Waals surface area contributed by atoms with Crippen LogP contribution in [0.25, 0.3) is 0 Å². The molecule has 1 atom stereocenters. The molecular weight excluding hydrogens is 216 g/mol. The molecule has 1 unspecified atom stereocenters. The largest absolute Gasteiger partial charge is 0.488 e. The lowest BCUT2D eigenvalue weighted by atomic mass is 10.2. The van der Waals surface area contributed by atoms with E-state index < -0.39 is 0 Å². The number of hydrogen-bond acceptors (Lipinski definition) is 4. The van der Waals surface area contributed by atoms with Gasteiger partial charge in [-0.3, -0.25) is 4.98 Å². The van der Waals surface area contributed by atoms with Crippen LogP contribution in [0.4, 0.5) is 0 Å². The third kappa shape index (κ3) is 4.71. The summed E-state index contributed by atoms with van der Waals surface area (Å²) in [7, 11) is 1.91. The van der Waals surface area contributed by atoms with E-state index in [2.05, 4.69) is 10.3 Å². The average Bonchev–Trinajstić information content (AvgIpc) is 2.30. The molecule has 4 heteroatoms. The van der Waals surface area contributed by atoms with E-state index in [1.807, 2.05) is 40.1 Å². The molecule has 96 valence electrons. The quantitative estimate of drug-likeness (QED) is 0.788. The molecule has 4 nitrogen and oxygen atoms in total. The van der Waals surface area contributed by atoms with Crippen molar-refractivity contribution in [2.45, 2.75) is 33.4 Å². The summed E-state index contributed by atoms with van der Waals surface area (Å²) >= 11 is 0. The smallest absolute Gasteiger partial charge is 0.127 e. The van der Waals surface area contributed by atoms with Crippen LogP contribution in [0.1, 0.15) is 25.1 Å². The normalized spacial score (nSPS) is 12.5. The molecule has 1 aromatic heterocycles. The van der Waals surface area contributed by atoms with Crippen LogP contribution in [0, 0.1) is 6.92 Å². The van der Waals surface area contributed by atoms with Crippen LogP contribution in [0.5, 0.6) is 5.75 Å². The Hall–Kier alpha value is -1.13. The summed E-state index contributed by atoms with van der Waals surface area (Å²) in [5.41, 5.74) is 2.03. The highest BCUT2D eigenvalue weighted by atomic mass is 16.5. The Balaban J connectivity index is 2.69. The zero-order valence-corrected chi connectivity index (χ0v) is 11.1. The Morgan fingerprint density at radius 3 is 2.88 bits per heavy atom. The summed E-state index contributed by atoms with van der Waals surface area (Å²) in [6, 6.07) is 1.97. The number of rotatable bonds is 7. The van der Waals surface area contributed by atoms with Crippen molar-refractivity contribution in [1.82, 2.24) is 10.3 Å². The Morgan fingerprint density at radius 1 is 1.47 bits per heavy atom. The first-order valence-electron chi connectivity index (χ1n) is 6.01. The van der Waals surface area contributed by atoms with Crippen LogP contribution in [0.15, 0.2) is 12.3 Å². The molecule has 1 heterocycles. The molecule has 0 aliphatic carbocycles. The lowest BCUT2D eigenvalue weighted by Crippen LogP contribution is -2.20. The Kier molecular flexibility index (Phi) is 5.94. The van der Waals surface area contributed by atoms with E-state index in [4.69, 9.17) is 9.47 Å². The van der Waals surface area contributed by atoms with Gasteiger partial charge in [0, 0.05) is 36.7 Å². The summed E-state index contributed by atoms with van der Waals surface area (Å²) < 4.78 is 11.2. The molecule has 1 N–H and O–H groups in total. The van der Waals surface area contributed by atoms with Gasteiger partial charge in [0.2, 0.25) is 0 Å². The molecular formula is C13H22N2O2.